The molecule has 0 spiro atoms. The van der Waals surface area contributed by atoms with Crippen molar-refractivity contribution in [1.82, 2.24) is 0 Å². The van der Waals surface area contributed by atoms with Crippen molar-refractivity contribution >= 4 is 17.9 Å². The maximum Gasteiger partial charge on any atom is 0.306 e. The van der Waals surface area contributed by atoms with Crippen LogP contribution in [0.5, 0.6) is 0 Å². The Labute approximate surface area is 342 Å². The molecule has 0 aromatic heterocycles. The molecule has 0 N–H and O–H groups in total. The quantitative estimate of drug-likeness (QED) is 0.0348. The van der Waals surface area contributed by atoms with Crippen molar-refractivity contribution in [2.75, 3.05) is 13.2 Å². The third kappa shape index (κ3) is 43.4. The first-order chi connectivity index (χ1) is 26.7. The highest BCUT2D eigenvalue weighted by molar-refractivity contribution is 5.71. The second-order valence-electron chi connectivity index (χ2n) is 17.7. The average molecular weight is 779 g/mol. The van der Waals surface area contributed by atoms with Crippen molar-refractivity contribution in [3.63, 3.8) is 0 Å². The Kier molecular flexibility index (Phi) is 40.8. The Balaban J connectivity index is 4.25. The molecule has 0 saturated heterocycles. The number of esters is 3. The van der Waals surface area contributed by atoms with Gasteiger partial charge in [-0.05, 0) is 31.1 Å². The minimum atomic E-state index is -0.760. The van der Waals surface area contributed by atoms with Crippen molar-refractivity contribution in [2.45, 2.75) is 272 Å². The second-order valence-corrected chi connectivity index (χ2v) is 17.7. The lowest BCUT2D eigenvalue weighted by Crippen LogP contribution is -2.30. The molecule has 0 amide bonds. The largest absolute Gasteiger partial charge is 0.462 e. The van der Waals surface area contributed by atoms with Gasteiger partial charge in [-0.3, -0.25) is 14.4 Å². The normalized spacial score (nSPS) is 12.1. The summed E-state index contributed by atoms with van der Waals surface area (Å²) < 4.78 is 16.7. The smallest absolute Gasteiger partial charge is 0.306 e. The Morgan fingerprint density at radius 1 is 0.345 bits per heavy atom. The van der Waals surface area contributed by atoms with Crippen LogP contribution in [0.4, 0.5) is 0 Å². The number of hydrogen-bond acceptors (Lipinski definition) is 6. The molecule has 0 unspecified atom stereocenters. The van der Waals surface area contributed by atoms with Gasteiger partial charge in [0.1, 0.15) is 13.2 Å². The van der Waals surface area contributed by atoms with Crippen molar-refractivity contribution in [3.8, 4) is 0 Å². The van der Waals surface area contributed by atoms with Gasteiger partial charge in [-0.1, -0.05) is 227 Å². The lowest BCUT2D eigenvalue weighted by atomic mass is 10.0. The zero-order chi connectivity index (χ0) is 40.5. The first kappa shape index (κ1) is 53.4. The second kappa shape index (κ2) is 42.0. The van der Waals surface area contributed by atoms with Crippen LogP contribution in [-0.4, -0.2) is 37.2 Å². The summed E-state index contributed by atoms with van der Waals surface area (Å²) in [5.74, 6) is 0.753. The van der Waals surface area contributed by atoms with Gasteiger partial charge < -0.3 is 14.2 Å². The van der Waals surface area contributed by atoms with Gasteiger partial charge in [0.15, 0.2) is 6.10 Å². The van der Waals surface area contributed by atoms with Crippen LogP contribution in [0.2, 0.25) is 0 Å². The van der Waals surface area contributed by atoms with Crippen molar-refractivity contribution in [3.05, 3.63) is 0 Å². The zero-order valence-corrected chi connectivity index (χ0v) is 37.6. The molecular formula is C49H94O6. The van der Waals surface area contributed by atoms with Gasteiger partial charge in [0.2, 0.25) is 0 Å². The fourth-order valence-electron chi connectivity index (χ4n) is 7.28. The van der Waals surface area contributed by atoms with E-state index in [2.05, 4.69) is 34.6 Å². The molecule has 0 rings (SSSR count). The van der Waals surface area contributed by atoms with Crippen LogP contribution in [-0.2, 0) is 28.6 Å². The highest BCUT2D eigenvalue weighted by Crippen LogP contribution is 2.17. The van der Waals surface area contributed by atoms with Crippen LogP contribution in [0.3, 0.4) is 0 Å². The molecule has 0 fully saturated rings. The van der Waals surface area contributed by atoms with E-state index in [0.717, 1.165) is 69.6 Å². The number of ether oxygens (including phenoxy) is 3. The van der Waals surface area contributed by atoms with E-state index in [1.807, 2.05) is 0 Å². The molecule has 326 valence electrons. The summed E-state index contributed by atoms with van der Waals surface area (Å²) >= 11 is 0. The average Bonchev–Trinajstić information content (AvgIpc) is 3.15. The Hall–Kier alpha value is -1.59. The summed E-state index contributed by atoms with van der Waals surface area (Å²) in [6, 6.07) is 0. The van der Waals surface area contributed by atoms with E-state index in [-0.39, 0.29) is 31.1 Å². The first-order valence-electron chi connectivity index (χ1n) is 24.2. The zero-order valence-electron chi connectivity index (χ0n) is 37.6. The summed E-state index contributed by atoms with van der Waals surface area (Å²) in [6.45, 7) is 11.3. The molecule has 0 aliphatic rings. The van der Waals surface area contributed by atoms with E-state index in [1.165, 1.54) is 154 Å². The predicted molar refractivity (Wildman–Crippen MR) is 233 cm³/mol. The monoisotopic (exact) mass is 779 g/mol. The number of rotatable bonds is 43. The van der Waals surface area contributed by atoms with E-state index >= 15 is 0 Å². The highest BCUT2D eigenvalue weighted by Gasteiger charge is 2.19. The van der Waals surface area contributed by atoms with Crippen LogP contribution < -0.4 is 0 Å². The van der Waals surface area contributed by atoms with E-state index in [1.54, 1.807) is 0 Å². The van der Waals surface area contributed by atoms with E-state index in [0.29, 0.717) is 19.3 Å². The summed E-state index contributed by atoms with van der Waals surface area (Å²) in [4.78, 5) is 37.7. The first-order valence-corrected chi connectivity index (χ1v) is 24.2. The maximum absolute atomic E-state index is 12.7. The minimum absolute atomic E-state index is 0.0650. The molecule has 0 radical (unpaired) electrons. The fourth-order valence-corrected chi connectivity index (χ4v) is 7.28. The van der Waals surface area contributed by atoms with E-state index in [9.17, 15) is 14.4 Å². The molecule has 0 aromatic rings. The topological polar surface area (TPSA) is 78.9 Å². The van der Waals surface area contributed by atoms with Gasteiger partial charge in [0.25, 0.3) is 0 Å². The lowest BCUT2D eigenvalue weighted by Gasteiger charge is -2.18. The molecule has 0 heterocycles. The molecule has 0 aromatic carbocycles. The van der Waals surface area contributed by atoms with Crippen LogP contribution in [0, 0.1) is 11.8 Å². The number of hydrogen-bond donors (Lipinski definition) is 0. The highest BCUT2D eigenvalue weighted by atomic mass is 16.6. The maximum atomic E-state index is 12.7. The molecule has 6 nitrogen and oxygen atoms in total. The van der Waals surface area contributed by atoms with Gasteiger partial charge in [0.05, 0.1) is 0 Å². The van der Waals surface area contributed by atoms with Crippen LogP contribution in [0.15, 0.2) is 0 Å². The minimum Gasteiger partial charge on any atom is -0.462 e. The molecule has 0 bridgehead atoms. The van der Waals surface area contributed by atoms with Gasteiger partial charge in [-0.2, -0.15) is 0 Å². The van der Waals surface area contributed by atoms with Crippen LogP contribution >= 0.6 is 0 Å². The van der Waals surface area contributed by atoms with Gasteiger partial charge in [0, 0.05) is 19.3 Å². The predicted octanol–water partition coefficient (Wildman–Crippen LogP) is 15.4. The number of unbranched alkanes of at least 4 members (excludes halogenated alkanes) is 28. The fraction of sp³-hybridized carbons (Fsp3) is 0.939. The van der Waals surface area contributed by atoms with E-state index in [4.69, 9.17) is 14.2 Å². The Morgan fingerprint density at radius 3 is 0.891 bits per heavy atom. The molecule has 6 heteroatoms. The van der Waals surface area contributed by atoms with Crippen molar-refractivity contribution < 1.29 is 28.6 Å². The molecule has 0 aliphatic carbocycles. The summed E-state index contributed by atoms with van der Waals surface area (Å²) in [5.41, 5.74) is 0. The number of carbonyl (C=O) groups is 3. The third-order valence-corrected chi connectivity index (χ3v) is 11.0. The van der Waals surface area contributed by atoms with Gasteiger partial charge in [-0.15, -0.1) is 0 Å². The van der Waals surface area contributed by atoms with Crippen molar-refractivity contribution in [2.24, 2.45) is 11.8 Å². The summed E-state index contributed by atoms with van der Waals surface area (Å²) in [7, 11) is 0. The Bertz CT molecular complexity index is 839. The summed E-state index contributed by atoms with van der Waals surface area (Å²) in [5, 5.41) is 0. The molecular weight excluding hydrogens is 685 g/mol. The van der Waals surface area contributed by atoms with Crippen LogP contribution in [0.25, 0.3) is 0 Å². The standard InChI is InChI=1S/C49H94O6/c1-6-7-8-9-10-11-20-23-29-34-39-47(50)53-42-46(43-54-48(51)40-35-30-26-25-28-33-38-45(4)5)55-49(52)41-36-31-24-21-18-16-14-12-13-15-17-19-22-27-32-37-44(2)3/h44-46H,6-43H2,1-5H3/t46-/m1/s1. The molecule has 0 aliphatic heterocycles. The Morgan fingerprint density at radius 2 is 0.600 bits per heavy atom. The summed E-state index contributed by atoms with van der Waals surface area (Å²) in [6.07, 6.45) is 41.0. The van der Waals surface area contributed by atoms with E-state index < -0.39 is 6.10 Å². The van der Waals surface area contributed by atoms with Crippen molar-refractivity contribution in [1.29, 1.82) is 0 Å². The molecule has 55 heavy (non-hydrogen) atoms. The van der Waals surface area contributed by atoms with Crippen LogP contribution in [0.1, 0.15) is 266 Å². The number of carbonyl (C=O) groups excluding carboxylic acids is 3. The van der Waals surface area contributed by atoms with Gasteiger partial charge >= 0.3 is 17.9 Å². The molecule has 0 saturated carbocycles. The van der Waals surface area contributed by atoms with Gasteiger partial charge in [-0.25, -0.2) is 0 Å². The third-order valence-electron chi connectivity index (χ3n) is 11.0. The lowest BCUT2D eigenvalue weighted by molar-refractivity contribution is -0.167. The SMILES string of the molecule is CCCCCCCCCCCCC(=O)OC[C@H](COC(=O)CCCCCCCCC(C)C)OC(=O)CCCCCCCCCCCCCCCCCC(C)C. The molecule has 1 atom stereocenters.